The topological polar surface area (TPSA) is 128 Å². The first-order valence-corrected chi connectivity index (χ1v) is 11.1. The van der Waals surface area contributed by atoms with Gasteiger partial charge in [-0.05, 0) is 19.8 Å². The highest BCUT2D eigenvalue weighted by Crippen LogP contribution is 2.37. The second-order valence-electron chi connectivity index (χ2n) is 7.23. The predicted molar refractivity (Wildman–Crippen MR) is 103 cm³/mol. The van der Waals surface area contributed by atoms with Gasteiger partial charge in [0.25, 0.3) is 5.91 Å². The maximum absolute atomic E-state index is 12.4. The first-order chi connectivity index (χ1) is 13.8. The molecule has 2 aromatic heterocycles. The normalized spacial score (nSPS) is 20.1. The summed E-state index contributed by atoms with van der Waals surface area (Å²) in [7, 11) is -3.30. The third-order valence-corrected chi connectivity index (χ3v) is 6.56. The average Bonchev–Trinajstić information content (AvgIpc) is 3.33. The number of carbonyl (C=O) groups is 1. The molecule has 1 aliphatic carbocycles. The quantitative estimate of drug-likeness (QED) is 0.649. The largest absolute Gasteiger partial charge is 0.424 e. The van der Waals surface area contributed by atoms with Gasteiger partial charge in [0.2, 0.25) is 11.8 Å². The van der Waals surface area contributed by atoms with Crippen LogP contribution in [0.15, 0.2) is 45.3 Å². The van der Waals surface area contributed by atoms with Crippen LogP contribution in [0.1, 0.15) is 53.2 Å². The number of nitrogens with zero attached hydrogens (tertiary/aromatic N) is 3. The number of nitrogens with one attached hydrogen (secondary N) is 1. The Bertz CT molecular complexity index is 1120. The molecule has 1 amide bonds. The van der Waals surface area contributed by atoms with E-state index in [9.17, 15) is 13.2 Å². The molecule has 2 heterocycles. The smallest absolute Gasteiger partial charge is 0.273 e. The standard InChI is InChI=1S/C19H20N4O5S/c1-11(29(2,25)26)18-21-22-19(27-18)13-8-14(9-13)20-17(24)15-10-16(28-23-15)12-6-4-3-5-7-12/h3-7,10-11,13-14H,8-9H2,1-2H3,(H,20,24)/t11?,13-,14-. The minimum Gasteiger partial charge on any atom is -0.424 e. The fraction of sp³-hybridized carbons (Fsp3) is 0.368. The molecule has 1 N–H and O–H groups in total. The van der Waals surface area contributed by atoms with Crippen LogP contribution < -0.4 is 5.32 Å². The molecule has 29 heavy (non-hydrogen) atoms. The number of hydrogen-bond donors (Lipinski definition) is 1. The maximum atomic E-state index is 12.4. The van der Waals surface area contributed by atoms with Crippen LogP contribution in [0, 0.1) is 0 Å². The Kier molecular flexibility index (Phi) is 4.95. The van der Waals surface area contributed by atoms with Gasteiger partial charge in [-0.3, -0.25) is 4.79 Å². The summed E-state index contributed by atoms with van der Waals surface area (Å²) in [6, 6.07) is 11.0. The Morgan fingerprint density at radius 1 is 1.21 bits per heavy atom. The lowest BCUT2D eigenvalue weighted by atomic mass is 9.80. The van der Waals surface area contributed by atoms with Crippen molar-refractivity contribution in [3.63, 3.8) is 0 Å². The summed E-state index contributed by atoms with van der Waals surface area (Å²) in [5.41, 5.74) is 1.06. The van der Waals surface area contributed by atoms with Crippen LogP contribution in [0.25, 0.3) is 11.3 Å². The molecule has 0 saturated heterocycles. The van der Waals surface area contributed by atoms with Crippen molar-refractivity contribution in [3.8, 4) is 11.3 Å². The van der Waals surface area contributed by atoms with E-state index < -0.39 is 15.1 Å². The van der Waals surface area contributed by atoms with Gasteiger partial charge in [-0.2, -0.15) is 0 Å². The molecule has 0 radical (unpaired) electrons. The fourth-order valence-corrected chi connectivity index (χ4v) is 3.54. The van der Waals surface area contributed by atoms with Gasteiger partial charge in [0, 0.05) is 29.8 Å². The van der Waals surface area contributed by atoms with Crippen molar-refractivity contribution in [1.29, 1.82) is 0 Å². The number of aromatic nitrogens is 3. The van der Waals surface area contributed by atoms with Crippen molar-refractivity contribution < 1.29 is 22.2 Å². The Morgan fingerprint density at radius 3 is 2.62 bits per heavy atom. The summed E-state index contributed by atoms with van der Waals surface area (Å²) in [5.74, 6) is 0.697. The number of sulfone groups is 1. The van der Waals surface area contributed by atoms with E-state index in [0.717, 1.165) is 11.8 Å². The van der Waals surface area contributed by atoms with Gasteiger partial charge in [-0.25, -0.2) is 8.42 Å². The van der Waals surface area contributed by atoms with E-state index in [4.69, 9.17) is 8.94 Å². The molecule has 10 heteroatoms. The van der Waals surface area contributed by atoms with E-state index in [-0.39, 0.29) is 29.5 Å². The van der Waals surface area contributed by atoms with Gasteiger partial charge in [-0.1, -0.05) is 35.5 Å². The summed E-state index contributed by atoms with van der Waals surface area (Å²) < 4.78 is 34.0. The van der Waals surface area contributed by atoms with Crippen LogP contribution in [0.5, 0.6) is 0 Å². The second-order valence-corrected chi connectivity index (χ2v) is 9.60. The van der Waals surface area contributed by atoms with Crippen LogP contribution in [-0.2, 0) is 9.84 Å². The number of carbonyl (C=O) groups excluding carboxylic acids is 1. The molecule has 1 unspecified atom stereocenters. The molecular weight excluding hydrogens is 396 g/mol. The zero-order valence-electron chi connectivity index (χ0n) is 15.9. The van der Waals surface area contributed by atoms with Gasteiger partial charge in [0.05, 0.1) is 0 Å². The van der Waals surface area contributed by atoms with Crippen LogP contribution in [0.3, 0.4) is 0 Å². The number of hydrogen-bond acceptors (Lipinski definition) is 8. The Labute approximate surface area is 167 Å². The lowest BCUT2D eigenvalue weighted by Gasteiger charge is -2.33. The number of rotatable bonds is 6. The molecule has 1 fully saturated rings. The van der Waals surface area contributed by atoms with Crippen molar-refractivity contribution in [1.82, 2.24) is 20.7 Å². The summed E-state index contributed by atoms with van der Waals surface area (Å²) >= 11 is 0. The van der Waals surface area contributed by atoms with Gasteiger partial charge < -0.3 is 14.3 Å². The minimum atomic E-state index is -3.30. The summed E-state index contributed by atoms with van der Waals surface area (Å²) in [4.78, 5) is 12.4. The molecule has 1 aliphatic rings. The number of benzene rings is 1. The van der Waals surface area contributed by atoms with E-state index in [1.807, 2.05) is 30.3 Å². The van der Waals surface area contributed by atoms with E-state index in [1.54, 1.807) is 6.07 Å². The van der Waals surface area contributed by atoms with Gasteiger partial charge in [0.1, 0.15) is 5.25 Å². The summed E-state index contributed by atoms with van der Waals surface area (Å²) in [6.07, 6.45) is 2.39. The third-order valence-electron chi connectivity index (χ3n) is 5.07. The molecule has 4 rings (SSSR count). The third kappa shape index (κ3) is 4.07. The van der Waals surface area contributed by atoms with Crippen molar-refractivity contribution in [2.24, 2.45) is 0 Å². The monoisotopic (exact) mass is 416 g/mol. The van der Waals surface area contributed by atoms with Gasteiger partial charge in [0.15, 0.2) is 21.3 Å². The molecule has 1 aromatic carbocycles. The highest BCUT2D eigenvalue weighted by atomic mass is 32.2. The second kappa shape index (κ2) is 7.43. The maximum Gasteiger partial charge on any atom is 0.273 e. The van der Waals surface area contributed by atoms with Crippen molar-refractivity contribution in [3.05, 3.63) is 53.9 Å². The highest BCUT2D eigenvalue weighted by molar-refractivity contribution is 7.90. The van der Waals surface area contributed by atoms with E-state index in [0.29, 0.717) is 24.5 Å². The Balaban J connectivity index is 1.33. The van der Waals surface area contributed by atoms with Gasteiger partial charge >= 0.3 is 0 Å². The van der Waals surface area contributed by atoms with Crippen LogP contribution in [0.2, 0.25) is 0 Å². The highest BCUT2D eigenvalue weighted by Gasteiger charge is 2.36. The van der Waals surface area contributed by atoms with Crippen LogP contribution >= 0.6 is 0 Å². The molecule has 0 aliphatic heterocycles. The molecule has 1 atom stereocenters. The first-order valence-electron chi connectivity index (χ1n) is 9.16. The first kappa shape index (κ1) is 19.3. The van der Waals surface area contributed by atoms with E-state index in [2.05, 4.69) is 20.7 Å². The lowest BCUT2D eigenvalue weighted by Crippen LogP contribution is -2.43. The lowest BCUT2D eigenvalue weighted by molar-refractivity contribution is 0.0894. The molecule has 0 bridgehead atoms. The molecule has 3 aromatic rings. The average molecular weight is 416 g/mol. The molecule has 1 saturated carbocycles. The van der Waals surface area contributed by atoms with E-state index >= 15 is 0 Å². The SMILES string of the molecule is CC(c1nnc([C@H]2C[C@H](NC(=O)c3cc(-c4ccccc4)on3)C2)o1)S(C)(=O)=O. The molecular formula is C19H20N4O5S. The Morgan fingerprint density at radius 2 is 1.93 bits per heavy atom. The van der Waals surface area contributed by atoms with Crippen LogP contribution in [0.4, 0.5) is 0 Å². The van der Waals surface area contributed by atoms with Crippen molar-refractivity contribution in [2.75, 3.05) is 6.26 Å². The Hall–Kier alpha value is -3.01. The molecule has 9 nitrogen and oxygen atoms in total. The summed E-state index contributed by atoms with van der Waals surface area (Å²) in [5, 5.41) is 13.7. The number of amides is 1. The predicted octanol–water partition coefficient (Wildman–Crippen LogP) is 2.51. The zero-order valence-corrected chi connectivity index (χ0v) is 16.7. The van der Waals surface area contributed by atoms with Crippen molar-refractivity contribution >= 4 is 15.7 Å². The van der Waals surface area contributed by atoms with Gasteiger partial charge in [-0.15, -0.1) is 10.2 Å². The molecule has 152 valence electrons. The summed E-state index contributed by atoms with van der Waals surface area (Å²) in [6.45, 7) is 1.51. The minimum absolute atomic E-state index is 0.00880. The zero-order chi connectivity index (χ0) is 20.6. The van der Waals surface area contributed by atoms with Crippen molar-refractivity contribution in [2.45, 2.75) is 37.0 Å². The van der Waals surface area contributed by atoms with E-state index in [1.165, 1.54) is 6.92 Å². The fourth-order valence-electron chi connectivity index (χ4n) is 3.08. The van der Waals surface area contributed by atoms with Crippen LogP contribution in [-0.4, -0.2) is 42.0 Å². The molecule has 0 spiro atoms.